The summed E-state index contributed by atoms with van der Waals surface area (Å²) < 4.78 is 20.4. The molecule has 0 aliphatic carbocycles. The number of aliphatic hydroxyl groups excluding tert-OH is 4. The number of methoxy groups -OCH3 is 2. The lowest BCUT2D eigenvalue weighted by atomic mass is 9.99. The second kappa shape index (κ2) is 8.08. The maximum absolute atomic E-state index is 9.72. The molecular formula is C11H22O8. The van der Waals surface area contributed by atoms with Crippen LogP contribution in [0, 0.1) is 0 Å². The summed E-state index contributed by atoms with van der Waals surface area (Å²) >= 11 is 0. The van der Waals surface area contributed by atoms with Crippen molar-refractivity contribution in [1.29, 1.82) is 0 Å². The Hall–Kier alpha value is -0.320. The molecule has 1 rings (SSSR count). The van der Waals surface area contributed by atoms with Crippen molar-refractivity contribution in [2.75, 3.05) is 34.0 Å². The highest BCUT2D eigenvalue weighted by Crippen LogP contribution is 2.22. The van der Waals surface area contributed by atoms with Gasteiger partial charge in [0.25, 0.3) is 0 Å². The zero-order valence-electron chi connectivity index (χ0n) is 11.0. The van der Waals surface area contributed by atoms with Crippen LogP contribution in [0.2, 0.25) is 0 Å². The van der Waals surface area contributed by atoms with Gasteiger partial charge in [-0.15, -0.1) is 0 Å². The second-order valence-electron chi connectivity index (χ2n) is 4.34. The largest absolute Gasteiger partial charge is 0.394 e. The molecule has 8 heteroatoms. The number of hydrogen-bond donors (Lipinski definition) is 4. The van der Waals surface area contributed by atoms with E-state index in [9.17, 15) is 15.3 Å². The predicted molar refractivity (Wildman–Crippen MR) is 62.4 cm³/mol. The summed E-state index contributed by atoms with van der Waals surface area (Å²) in [5.74, 6) is 0. The Morgan fingerprint density at radius 1 is 1.05 bits per heavy atom. The Kier molecular flexibility index (Phi) is 7.11. The highest BCUT2D eigenvalue weighted by Gasteiger charge is 2.44. The van der Waals surface area contributed by atoms with Crippen LogP contribution in [0.5, 0.6) is 0 Å². The van der Waals surface area contributed by atoms with Crippen LogP contribution in [0.3, 0.4) is 0 Å². The molecule has 8 nitrogen and oxygen atoms in total. The standard InChI is InChI=1S/C11H22O8/c1-16-4-6(17-2)5-18-11-10(15)9(14)8(13)7(3-12)19-11/h6-15H,3-5H2,1-2H3/t6?,7-,8-,9?,10?,11-/m1/s1. The van der Waals surface area contributed by atoms with Crippen LogP contribution >= 0.6 is 0 Å². The zero-order valence-corrected chi connectivity index (χ0v) is 11.0. The van der Waals surface area contributed by atoms with Gasteiger partial charge < -0.3 is 39.4 Å². The minimum atomic E-state index is -1.45. The van der Waals surface area contributed by atoms with Gasteiger partial charge in [0.05, 0.1) is 19.8 Å². The van der Waals surface area contributed by atoms with Gasteiger partial charge in [-0.3, -0.25) is 0 Å². The van der Waals surface area contributed by atoms with Crippen molar-refractivity contribution in [2.45, 2.75) is 36.8 Å². The van der Waals surface area contributed by atoms with Crippen molar-refractivity contribution in [3.63, 3.8) is 0 Å². The van der Waals surface area contributed by atoms with E-state index in [0.717, 1.165) is 0 Å². The lowest BCUT2D eigenvalue weighted by molar-refractivity contribution is -0.305. The van der Waals surface area contributed by atoms with E-state index in [-0.39, 0.29) is 12.7 Å². The SMILES string of the molecule is COCC(CO[C@@H]1O[C@H](CO)[C@@H](O)C(O)C1O)OC. The Morgan fingerprint density at radius 2 is 1.74 bits per heavy atom. The number of ether oxygens (including phenoxy) is 4. The molecule has 1 saturated heterocycles. The van der Waals surface area contributed by atoms with E-state index < -0.39 is 37.3 Å². The van der Waals surface area contributed by atoms with Gasteiger partial charge in [0.2, 0.25) is 0 Å². The normalized spacial score (nSPS) is 37.3. The van der Waals surface area contributed by atoms with Crippen molar-refractivity contribution in [3.05, 3.63) is 0 Å². The molecule has 19 heavy (non-hydrogen) atoms. The van der Waals surface area contributed by atoms with Gasteiger partial charge in [0.15, 0.2) is 6.29 Å². The summed E-state index contributed by atoms with van der Waals surface area (Å²) in [4.78, 5) is 0. The highest BCUT2D eigenvalue weighted by molar-refractivity contribution is 4.88. The first kappa shape index (κ1) is 16.7. The van der Waals surface area contributed by atoms with Crippen LogP contribution in [-0.2, 0) is 18.9 Å². The molecule has 0 spiro atoms. The number of rotatable bonds is 7. The van der Waals surface area contributed by atoms with Crippen molar-refractivity contribution in [1.82, 2.24) is 0 Å². The molecule has 3 unspecified atom stereocenters. The van der Waals surface area contributed by atoms with Gasteiger partial charge in [-0.05, 0) is 0 Å². The van der Waals surface area contributed by atoms with Crippen LogP contribution in [-0.4, -0.2) is 91.3 Å². The average Bonchev–Trinajstić information content (AvgIpc) is 2.42. The molecule has 1 aliphatic rings. The summed E-state index contributed by atoms with van der Waals surface area (Å²) in [6.07, 6.45) is -6.72. The lowest BCUT2D eigenvalue weighted by Gasteiger charge is -2.39. The molecule has 0 radical (unpaired) electrons. The first-order chi connectivity index (χ1) is 9.04. The molecule has 1 aliphatic heterocycles. The third-order valence-electron chi connectivity index (χ3n) is 2.98. The van der Waals surface area contributed by atoms with Crippen molar-refractivity contribution < 1.29 is 39.4 Å². The van der Waals surface area contributed by atoms with Crippen molar-refractivity contribution in [3.8, 4) is 0 Å². The molecule has 0 amide bonds. The van der Waals surface area contributed by atoms with Gasteiger partial charge in [-0.1, -0.05) is 0 Å². The predicted octanol–water partition coefficient (Wildman–Crippen LogP) is -2.54. The third kappa shape index (κ3) is 4.33. The molecule has 0 bridgehead atoms. The average molecular weight is 282 g/mol. The summed E-state index contributed by atoms with van der Waals surface area (Å²) in [7, 11) is 3.00. The fourth-order valence-corrected chi connectivity index (χ4v) is 1.78. The van der Waals surface area contributed by atoms with Gasteiger partial charge in [-0.2, -0.15) is 0 Å². The maximum Gasteiger partial charge on any atom is 0.186 e. The summed E-state index contributed by atoms with van der Waals surface area (Å²) in [6.45, 7) is -0.114. The van der Waals surface area contributed by atoms with E-state index in [1.165, 1.54) is 14.2 Å². The van der Waals surface area contributed by atoms with Crippen molar-refractivity contribution >= 4 is 0 Å². The monoisotopic (exact) mass is 282 g/mol. The van der Waals surface area contributed by atoms with Crippen LogP contribution in [0.1, 0.15) is 0 Å². The summed E-state index contributed by atoms with van der Waals surface area (Å²) in [5.41, 5.74) is 0. The Morgan fingerprint density at radius 3 is 2.26 bits per heavy atom. The lowest BCUT2D eigenvalue weighted by Crippen LogP contribution is -2.59. The first-order valence-corrected chi connectivity index (χ1v) is 5.99. The fourth-order valence-electron chi connectivity index (χ4n) is 1.78. The minimum absolute atomic E-state index is 0.0764. The van der Waals surface area contributed by atoms with Gasteiger partial charge >= 0.3 is 0 Å². The van der Waals surface area contributed by atoms with Gasteiger partial charge in [0.1, 0.15) is 30.5 Å². The highest BCUT2D eigenvalue weighted by atomic mass is 16.7. The summed E-state index contributed by atoms with van der Waals surface area (Å²) in [6, 6.07) is 0. The van der Waals surface area contributed by atoms with E-state index in [1.54, 1.807) is 0 Å². The molecular weight excluding hydrogens is 260 g/mol. The van der Waals surface area contributed by atoms with E-state index in [1.807, 2.05) is 0 Å². The van der Waals surface area contributed by atoms with Crippen LogP contribution in [0.25, 0.3) is 0 Å². The van der Waals surface area contributed by atoms with E-state index in [2.05, 4.69) is 0 Å². The van der Waals surface area contributed by atoms with Crippen LogP contribution < -0.4 is 0 Å². The van der Waals surface area contributed by atoms with Crippen LogP contribution in [0.15, 0.2) is 0 Å². The number of aliphatic hydroxyl groups is 4. The maximum atomic E-state index is 9.72. The molecule has 0 aromatic heterocycles. The number of hydrogen-bond acceptors (Lipinski definition) is 8. The Labute approximate surface area is 111 Å². The van der Waals surface area contributed by atoms with Crippen LogP contribution in [0.4, 0.5) is 0 Å². The topological polar surface area (TPSA) is 118 Å². The smallest absolute Gasteiger partial charge is 0.186 e. The van der Waals surface area contributed by atoms with Gasteiger partial charge in [0, 0.05) is 14.2 Å². The molecule has 6 atom stereocenters. The quantitative estimate of drug-likeness (QED) is 0.403. The molecule has 0 aromatic carbocycles. The van der Waals surface area contributed by atoms with E-state index in [0.29, 0.717) is 6.61 Å². The molecule has 0 aromatic rings. The Balaban J connectivity index is 2.51. The summed E-state index contributed by atoms with van der Waals surface area (Å²) in [5, 5.41) is 37.9. The minimum Gasteiger partial charge on any atom is -0.394 e. The molecule has 0 saturated carbocycles. The molecule has 114 valence electrons. The molecule has 1 heterocycles. The van der Waals surface area contributed by atoms with E-state index in [4.69, 9.17) is 24.1 Å². The Bertz CT molecular complexity index is 249. The van der Waals surface area contributed by atoms with Gasteiger partial charge in [-0.25, -0.2) is 0 Å². The second-order valence-corrected chi connectivity index (χ2v) is 4.34. The third-order valence-corrected chi connectivity index (χ3v) is 2.98. The fraction of sp³-hybridized carbons (Fsp3) is 1.00. The van der Waals surface area contributed by atoms with E-state index >= 15 is 0 Å². The molecule has 1 fully saturated rings. The zero-order chi connectivity index (χ0) is 14.4. The molecule has 4 N–H and O–H groups in total. The van der Waals surface area contributed by atoms with Crippen molar-refractivity contribution in [2.24, 2.45) is 0 Å². The first-order valence-electron chi connectivity index (χ1n) is 5.99.